The second kappa shape index (κ2) is 7.76. The van der Waals surface area contributed by atoms with Gasteiger partial charge in [-0.15, -0.1) is 0 Å². The molecule has 19 heavy (non-hydrogen) atoms. The Bertz CT molecular complexity index is 381. The minimum Gasteiger partial charge on any atom is -0.460 e. The van der Waals surface area contributed by atoms with Crippen LogP contribution in [0.2, 0.25) is 0 Å². The summed E-state index contributed by atoms with van der Waals surface area (Å²) in [4.78, 5) is 15.1. The van der Waals surface area contributed by atoms with E-state index in [1.807, 2.05) is 6.92 Å². The zero-order valence-corrected chi connectivity index (χ0v) is 12.6. The Labute approximate surface area is 115 Å². The van der Waals surface area contributed by atoms with Crippen LogP contribution in [0.5, 0.6) is 6.01 Å². The van der Waals surface area contributed by atoms with E-state index in [1.165, 1.54) is 0 Å². The van der Waals surface area contributed by atoms with Gasteiger partial charge >= 0.3 is 6.01 Å². The Morgan fingerprint density at radius 3 is 2.37 bits per heavy atom. The number of ether oxygens (including phenoxy) is 1. The van der Waals surface area contributed by atoms with Gasteiger partial charge in [-0.1, -0.05) is 13.3 Å². The highest BCUT2D eigenvalue weighted by atomic mass is 16.5. The molecule has 0 aliphatic carbocycles. The van der Waals surface area contributed by atoms with Crippen molar-refractivity contribution in [2.75, 3.05) is 30.4 Å². The molecule has 0 aliphatic heterocycles. The highest BCUT2D eigenvalue weighted by Gasteiger charge is 2.13. The van der Waals surface area contributed by atoms with Gasteiger partial charge in [0.2, 0.25) is 11.9 Å². The van der Waals surface area contributed by atoms with Gasteiger partial charge < -0.3 is 15.0 Å². The van der Waals surface area contributed by atoms with Gasteiger partial charge in [-0.05, 0) is 27.2 Å². The fourth-order valence-corrected chi connectivity index (χ4v) is 1.80. The first-order chi connectivity index (χ1) is 9.14. The molecule has 0 saturated carbocycles. The largest absolute Gasteiger partial charge is 0.460 e. The molecule has 1 atom stereocenters. The monoisotopic (exact) mass is 267 g/mol. The minimum absolute atomic E-state index is 0.113. The van der Waals surface area contributed by atoms with E-state index in [9.17, 15) is 0 Å². The van der Waals surface area contributed by atoms with Gasteiger partial charge in [0.1, 0.15) is 0 Å². The fourth-order valence-electron chi connectivity index (χ4n) is 1.80. The second-order valence-corrected chi connectivity index (χ2v) is 4.38. The molecule has 0 radical (unpaired) electrons. The van der Waals surface area contributed by atoms with Crippen molar-refractivity contribution in [2.24, 2.45) is 0 Å². The highest BCUT2D eigenvalue weighted by molar-refractivity contribution is 5.37. The number of aromatic nitrogens is 3. The van der Waals surface area contributed by atoms with Crippen LogP contribution in [0, 0.1) is 0 Å². The molecule has 108 valence electrons. The van der Waals surface area contributed by atoms with E-state index in [2.05, 4.69) is 45.9 Å². The molecule has 1 N–H and O–H groups in total. The smallest absolute Gasteiger partial charge is 0.323 e. The van der Waals surface area contributed by atoms with E-state index in [1.54, 1.807) is 7.05 Å². The van der Waals surface area contributed by atoms with Crippen LogP contribution in [-0.2, 0) is 0 Å². The molecule has 0 bridgehead atoms. The predicted octanol–water partition coefficient (Wildman–Crippen LogP) is 2.33. The van der Waals surface area contributed by atoms with Crippen LogP contribution in [0.25, 0.3) is 0 Å². The number of hydrogen-bond donors (Lipinski definition) is 1. The van der Waals surface area contributed by atoms with Crippen molar-refractivity contribution in [3.63, 3.8) is 0 Å². The van der Waals surface area contributed by atoms with Gasteiger partial charge in [-0.2, -0.15) is 15.0 Å². The Hall–Kier alpha value is -1.59. The van der Waals surface area contributed by atoms with Gasteiger partial charge in [0, 0.05) is 20.1 Å². The van der Waals surface area contributed by atoms with Crippen LogP contribution in [0.4, 0.5) is 11.9 Å². The predicted molar refractivity (Wildman–Crippen MR) is 77.9 cm³/mol. The third-order valence-corrected chi connectivity index (χ3v) is 2.87. The van der Waals surface area contributed by atoms with Crippen LogP contribution in [0.3, 0.4) is 0 Å². The molecule has 6 heteroatoms. The summed E-state index contributed by atoms with van der Waals surface area (Å²) in [6, 6.07) is 0.391. The summed E-state index contributed by atoms with van der Waals surface area (Å²) in [5.74, 6) is 1.19. The van der Waals surface area contributed by atoms with Gasteiger partial charge in [0.05, 0.1) is 6.10 Å². The molecule has 1 aromatic heterocycles. The van der Waals surface area contributed by atoms with Crippen molar-refractivity contribution in [3.05, 3.63) is 0 Å². The summed E-state index contributed by atoms with van der Waals surface area (Å²) < 4.78 is 5.75. The average Bonchev–Trinajstić information content (AvgIpc) is 2.40. The third kappa shape index (κ3) is 4.54. The van der Waals surface area contributed by atoms with Crippen LogP contribution < -0.4 is 15.0 Å². The van der Waals surface area contributed by atoms with E-state index in [-0.39, 0.29) is 6.10 Å². The normalized spacial score (nSPS) is 12.1. The lowest BCUT2D eigenvalue weighted by Crippen LogP contribution is -2.25. The standard InChI is InChI=1S/C13H25N5O/c1-6-9-10(4)19-13-16-11(14-5)15-12(17-13)18(7-2)8-3/h10H,6-9H2,1-5H3,(H,14,15,16,17). The summed E-state index contributed by atoms with van der Waals surface area (Å²) in [6.45, 7) is 10.0. The molecule has 0 fully saturated rings. The summed E-state index contributed by atoms with van der Waals surface area (Å²) in [5, 5.41) is 2.95. The molecule has 0 aromatic carbocycles. The quantitative estimate of drug-likeness (QED) is 0.780. The van der Waals surface area contributed by atoms with E-state index >= 15 is 0 Å². The van der Waals surface area contributed by atoms with Gasteiger partial charge in [0.25, 0.3) is 0 Å². The molecule has 0 amide bonds. The van der Waals surface area contributed by atoms with Crippen molar-refractivity contribution in [2.45, 2.75) is 46.6 Å². The number of nitrogens with one attached hydrogen (secondary N) is 1. The molecule has 6 nitrogen and oxygen atoms in total. The first kappa shape index (κ1) is 15.5. The Morgan fingerprint density at radius 1 is 1.16 bits per heavy atom. The summed E-state index contributed by atoms with van der Waals surface area (Å²) >= 11 is 0. The summed E-state index contributed by atoms with van der Waals surface area (Å²) in [6.07, 6.45) is 2.18. The van der Waals surface area contributed by atoms with Crippen LogP contribution in [0.1, 0.15) is 40.5 Å². The summed E-state index contributed by atoms with van der Waals surface area (Å²) in [7, 11) is 1.79. The van der Waals surface area contributed by atoms with E-state index in [0.29, 0.717) is 17.9 Å². The maximum atomic E-state index is 5.75. The average molecular weight is 267 g/mol. The molecule has 0 aliphatic rings. The van der Waals surface area contributed by atoms with Crippen LogP contribution in [0.15, 0.2) is 0 Å². The topological polar surface area (TPSA) is 63.2 Å². The SMILES string of the molecule is CCCC(C)Oc1nc(NC)nc(N(CC)CC)n1. The zero-order chi connectivity index (χ0) is 14.3. The highest BCUT2D eigenvalue weighted by Crippen LogP contribution is 2.16. The molecule has 0 saturated heterocycles. The fraction of sp³-hybridized carbons (Fsp3) is 0.769. The van der Waals surface area contributed by atoms with Crippen LogP contribution >= 0.6 is 0 Å². The minimum atomic E-state index is 0.113. The number of rotatable bonds is 8. The third-order valence-electron chi connectivity index (χ3n) is 2.87. The molecule has 0 spiro atoms. The Balaban J connectivity index is 2.94. The van der Waals surface area contributed by atoms with Crippen molar-refractivity contribution in [3.8, 4) is 6.01 Å². The zero-order valence-electron chi connectivity index (χ0n) is 12.6. The van der Waals surface area contributed by atoms with Crippen molar-refractivity contribution in [1.29, 1.82) is 0 Å². The lowest BCUT2D eigenvalue weighted by molar-refractivity contribution is 0.192. The van der Waals surface area contributed by atoms with E-state index in [0.717, 1.165) is 25.9 Å². The van der Waals surface area contributed by atoms with Crippen molar-refractivity contribution >= 4 is 11.9 Å². The van der Waals surface area contributed by atoms with Crippen molar-refractivity contribution in [1.82, 2.24) is 15.0 Å². The molecule has 1 heterocycles. The maximum Gasteiger partial charge on any atom is 0.323 e. The number of hydrogen-bond acceptors (Lipinski definition) is 6. The van der Waals surface area contributed by atoms with Gasteiger partial charge in [-0.3, -0.25) is 0 Å². The first-order valence-corrected chi connectivity index (χ1v) is 6.99. The number of nitrogens with zero attached hydrogens (tertiary/aromatic N) is 4. The lowest BCUT2D eigenvalue weighted by Gasteiger charge is -2.20. The molecule has 1 aromatic rings. The van der Waals surface area contributed by atoms with Crippen LogP contribution in [-0.4, -0.2) is 41.2 Å². The van der Waals surface area contributed by atoms with Gasteiger partial charge in [0.15, 0.2) is 0 Å². The molecular weight excluding hydrogens is 242 g/mol. The molecule has 1 unspecified atom stereocenters. The second-order valence-electron chi connectivity index (χ2n) is 4.38. The van der Waals surface area contributed by atoms with E-state index < -0.39 is 0 Å². The summed E-state index contributed by atoms with van der Waals surface area (Å²) in [5.41, 5.74) is 0. The Morgan fingerprint density at radius 2 is 1.84 bits per heavy atom. The Kier molecular flexibility index (Phi) is 6.32. The van der Waals surface area contributed by atoms with Crippen molar-refractivity contribution < 1.29 is 4.74 Å². The number of anilines is 2. The van der Waals surface area contributed by atoms with Gasteiger partial charge in [-0.25, -0.2) is 0 Å². The molecular formula is C13H25N5O. The maximum absolute atomic E-state index is 5.75. The van der Waals surface area contributed by atoms with E-state index in [4.69, 9.17) is 4.74 Å². The first-order valence-electron chi connectivity index (χ1n) is 6.99. The lowest BCUT2D eigenvalue weighted by atomic mass is 10.2. The molecule has 1 rings (SSSR count).